The average molecular weight is 367 g/mol. The van der Waals surface area contributed by atoms with E-state index in [1.807, 2.05) is 43.3 Å². The van der Waals surface area contributed by atoms with E-state index in [1.54, 1.807) is 12.1 Å². The Morgan fingerprint density at radius 1 is 0.731 bits per heavy atom. The molecule has 0 bridgehead atoms. The molecule has 6 nitrogen and oxygen atoms in total. The van der Waals surface area contributed by atoms with Crippen molar-refractivity contribution < 1.29 is 9.05 Å². The first-order valence-corrected chi connectivity index (χ1v) is 8.53. The Bertz CT molecular complexity index is 923. The lowest BCUT2D eigenvalue weighted by molar-refractivity contribution is 0.354. The van der Waals surface area contributed by atoms with Gasteiger partial charge in [0.25, 0.3) is 0 Å². The highest BCUT2D eigenvalue weighted by atomic mass is 35.5. The molecule has 130 valence electrons. The molecular formula is C19H15ClN4O2. The van der Waals surface area contributed by atoms with Gasteiger partial charge in [0.15, 0.2) is 0 Å². The van der Waals surface area contributed by atoms with Gasteiger partial charge in [0, 0.05) is 29.0 Å². The zero-order valence-corrected chi connectivity index (χ0v) is 14.8. The van der Waals surface area contributed by atoms with E-state index < -0.39 is 0 Å². The van der Waals surface area contributed by atoms with Gasteiger partial charge >= 0.3 is 0 Å². The van der Waals surface area contributed by atoms with Gasteiger partial charge in [0.1, 0.15) is 0 Å². The van der Waals surface area contributed by atoms with Crippen LogP contribution in [0.15, 0.2) is 57.6 Å². The van der Waals surface area contributed by atoms with Crippen LogP contribution in [0.5, 0.6) is 0 Å². The molecule has 4 aromatic rings. The fourth-order valence-electron chi connectivity index (χ4n) is 2.46. The summed E-state index contributed by atoms with van der Waals surface area (Å²) in [5, 5.41) is 8.68. The van der Waals surface area contributed by atoms with Crippen molar-refractivity contribution in [1.29, 1.82) is 0 Å². The van der Waals surface area contributed by atoms with Crippen LogP contribution in [0.25, 0.3) is 22.8 Å². The molecule has 0 aliphatic rings. The SMILES string of the molecule is Cc1ccc(-c2noc(CCc3nc(-c4ccc(Cl)cc4)no3)n2)cc1. The Morgan fingerprint density at radius 3 is 1.69 bits per heavy atom. The van der Waals surface area contributed by atoms with Crippen LogP contribution in [0, 0.1) is 6.92 Å². The zero-order valence-electron chi connectivity index (χ0n) is 14.0. The number of aromatic nitrogens is 4. The highest BCUT2D eigenvalue weighted by molar-refractivity contribution is 6.30. The van der Waals surface area contributed by atoms with Crippen LogP contribution in [0.3, 0.4) is 0 Å². The normalized spacial score (nSPS) is 11.0. The van der Waals surface area contributed by atoms with Crippen molar-refractivity contribution in [2.24, 2.45) is 0 Å². The van der Waals surface area contributed by atoms with Crippen LogP contribution in [0.2, 0.25) is 5.02 Å². The van der Waals surface area contributed by atoms with E-state index in [0.29, 0.717) is 41.3 Å². The predicted octanol–water partition coefficient (Wildman–Crippen LogP) is 4.53. The van der Waals surface area contributed by atoms with E-state index in [0.717, 1.165) is 11.1 Å². The predicted molar refractivity (Wildman–Crippen MR) is 96.6 cm³/mol. The Kier molecular flexibility index (Phi) is 4.50. The minimum Gasteiger partial charge on any atom is -0.339 e. The molecule has 0 spiro atoms. The molecule has 0 radical (unpaired) electrons. The van der Waals surface area contributed by atoms with Crippen molar-refractivity contribution in [3.63, 3.8) is 0 Å². The van der Waals surface area contributed by atoms with Gasteiger partial charge in [-0.25, -0.2) is 0 Å². The molecule has 2 aromatic heterocycles. The molecule has 0 unspecified atom stereocenters. The summed E-state index contributed by atoms with van der Waals surface area (Å²) in [5.74, 6) is 2.16. The summed E-state index contributed by atoms with van der Waals surface area (Å²) in [6.07, 6.45) is 1.05. The quantitative estimate of drug-likeness (QED) is 0.516. The second kappa shape index (κ2) is 7.09. The van der Waals surface area contributed by atoms with Crippen molar-refractivity contribution in [1.82, 2.24) is 20.3 Å². The molecule has 0 aliphatic carbocycles. The number of aryl methyl sites for hydroxylation is 3. The third-order valence-electron chi connectivity index (χ3n) is 3.90. The first-order valence-electron chi connectivity index (χ1n) is 8.15. The number of halogens is 1. The molecule has 0 saturated heterocycles. The smallest absolute Gasteiger partial charge is 0.227 e. The molecule has 0 N–H and O–H groups in total. The summed E-state index contributed by atoms with van der Waals surface area (Å²) in [6, 6.07) is 15.3. The number of nitrogens with zero attached hydrogens (tertiary/aromatic N) is 4. The first-order chi connectivity index (χ1) is 12.7. The van der Waals surface area contributed by atoms with E-state index in [2.05, 4.69) is 20.3 Å². The fourth-order valence-corrected chi connectivity index (χ4v) is 2.59. The van der Waals surface area contributed by atoms with E-state index in [4.69, 9.17) is 20.6 Å². The third kappa shape index (κ3) is 3.65. The molecule has 0 atom stereocenters. The number of hydrogen-bond acceptors (Lipinski definition) is 6. The van der Waals surface area contributed by atoms with Crippen LogP contribution in [0.1, 0.15) is 17.3 Å². The Labute approximate surface area is 154 Å². The Hall–Kier alpha value is -2.99. The second-order valence-corrected chi connectivity index (χ2v) is 6.33. The van der Waals surface area contributed by atoms with Crippen LogP contribution in [-0.2, 0) is 12.8 Å². The maximum absolute atomic E-state index is 5.89. The lowest BCUT2D eigenvalue weighted by Gasteiger charge is -1.94. The summed E-state index contributed by atoms with van der Waals surface area (Å²) in [4.78, 5) is 8.81. The molecule has 7 heteroatoms. The van der Waals surface area contributed by atoms with Gasteiger partial charge in [-0.2, -0.15) is 9.97 Å². The first kappa shape index (κ1) is 16.5. The van der Waals surface area contributed by atoms with E-state index in [-0.39, 0.29) is 0 Å². The van der Waals surface area contributed by atoms with Gasteiger partial charge in [-0.05, 0) is 31.2 Å². The number of rotatable bonds is 5. The van der Waals surface area contributed by atoms with Gasteiger partial charge in [-0.3, -0.25) is 0 Å². The van der Waals surface area contributed by atoms with E-state index in [9.17, 15) is 0 Å². The number of hydrogen-bond donors (Lipinski definition) is 0. The summed E-state index contributed by atoms with van der Waals surface area (Å²) >= 11 is 5.89. The molecule has 0 saturated carbocycles. The maximum atomic E-state index is 5.89. The zero-order chi connectivity index (χ0) is 17.9. The van der Waals surface area contributed by atoms with Gasteiger partial charge in [0.05, 0.1) is 0 Å². The average Bonchev–Trinajstić information content (AvgIpc) is 3.31. The topological polar surface area (TPSA) is 77.8 Å². The molecule has 4 rings (SSSR count). The highest BCUT2D eigenvalue weighted by Crippen LogP contribution is 2.20. The summed E-state index contributed by atoms with van der Waals surface area (Å²) in [5.41, 5.74) is 2.96. The molecule has 2 aromatic carbocycles. The molecule has 26 heavy (non-hydrogen) atoms. The highest BCUT2D eigenvalue weighted by Gasteiger charge is 2.12. The Balaban J connectivity index is 1.42. The molecular weight excluding hydrogens is 352 g/mol. The largest absolute Gasteiger partial charge is 0.339 e. The molecule has 0 fully saturated rings. The Morgan fingerprint density at radius 2 is 1.19 bits per heavy atom. The fraction of sp³-hybridized carbons (Fsp3) is 0.158. The van der Waals surface area contributed by atoms with Crippen LogP contribution in [0.4, 0.5) is 0 Å². The molecule has 0 amide bonds. The minimum absolute atomic E-state index is 0.519. The van der Waals surface area contributed by atoms with Crippen molar-refractivity contribution in [2.75, 3.05) is 0 Å². The summed E-state index contributed by atoms with van der Waals surface area (Å²) in [6.45, 7) is 2.04. The van der Waals surface area contributed by atoms with Crippen LogP contribution >= 0.6 is 11.6 Å². The standard InChI is InChI=1S/C19H15ClN4O2/c1-12-2-4-13(5-3-12)18-21-16(25-23-18)10-11-17-22-19(24-26-17)14-6-8-15(20)9-7-14/h2-9H,10-11H2,1H3. The van der Waals surface area contributed by atoms with Crippen molar-refractivity contribution in [2.45, 2.75) is 19.8 Å². The summed E-state index contributed by atoms with van der Waals surface area (Å²) in [7, 11) is 0. The van der Waals surface area contributed by atoms with Gasteiger partial charge in [-0.1, -0.05) is 51.7 Å². The van der Waals surface area contributed by atoms with E-state index >= 15 is 0 Å². The van der Waals surface area contributed by atoms with Crippen LogP contribution in [-0.4, -0.2) is 20.3 Å². The number of benzene rings is 2. The van der Waals surface area contributed by atoms with E-state index in [1.165, 1.54) is 5.56 Å². The minimum atomic E-state index is 0.519. The lowest BCUT2D eigenvalue weighted by Crippen LogP contribution is -1.92. The van der Waals surface area contributed by atoms with Gasteiger partial charge < -0.3 is 9.05 Å². The monoisotopic (exact) mass is 366 g/mol. The van der Waals surface area contributed by atoms with Crippen molar-refractivity contribution in [3.8, 4) is 22.8 Å². The second-order valence-electron chi connectivity index (χ2n) is 5.90. The molecule has 0 aliphatic heterocycles. The van der Waals surface area contributed by atoms with Gasteiger partial charge in [-0.15, -0.1) is 0 Å². The van der Waals surface area contributed by atoms with Crippen LogP contribution < -0.4 is 0 Å². The van der Waals surface area contributed by atoms with Crippen molar-refractivity contribution in [3.05, 3.63) is 70.9 Å². The van der Waals surface area contributed by atoms with Gasteiger partial charge in [0.2, 0.25) is 23.4 Å². The lowest BCUT2D eigenvalue weighted by atomic mass is 10.1. The molecule has 2 heterocycles. The van der Waals surface area contributed by atoms with Crippen molar-refractivity contribution >= 4 is 11.6 Å². The summed E-state index contributed by atoms with van der Waals surface area (Å²) < 4.78 is 10.6. The maximum Gasteiger partial charge on any atom is 0.227 e. The third-order valence-corrected chi connectivity index (χ3v) is 4.15.